The number of aromatic nitrogens is 1. The van der Waals surface area contributed by atoms with E-state index in [9.17, 15) is 0 Å². The molecule has 1 saturated carbocycles. The Balaban J connectivity index is 2.11. The zero-order valence-corrected chi connectivity index (χ0v) is 6.99. The van der Waals surface area contributed by atoms with E-state index in [0.717, 1.165) is 5.89 Å². The Morgan fingerprint density at radius 1 is 1.50 bits per heavy atom. The summed E-state index contributed by atoms with van der Waals surface area (Å²) in [6, 6.07) is 0. The van der Waals surface area contributed by atoms with E-state index in [1.807, 2.05) is 0 Å². The normalized spacial score (nSPS) is 18.8. The molecule has 1 fully saturated rings. The van der Waals surface area contributed by atoms with Gasteiger partial charge in [-0.05, 0) is 12.8 Å². The van der Waals surface area contributed by atoms with E-state index >= 15 is 0 Å². The Bertz CT molecular complexity index is 251. The van der Waals surface area contributed by atoms with E-state index in [2.05, 4.69) is 4.98 Å². The first kappa shape index (κ1) is 7.80. The van der Waals surface area contributed by atoms with Crippen LogP contribution in [0.1, 0.15) is 43.3 Å². The van der Waals surface area contributed by atoms with Crippen molar-refractivity contribution in [3.05, 3.63) is 17.8 Å². The van der Waals surface area contributed by atoms with Gasteiger partial charge in [-0.25, -0.2) is 4.98 Å². The Kier molecular flexibility index (Phi) is 2.13. The molecule has 12 heavy (non-hydrogen) atoms. The van der Waals surface area contributed by atoms with Crippen LogP contribution in [0.25, 0.3) is 0 Å². The Morgan fingerprint density at radius 2 is 2.25 bits per heavy atom. The summed E-state index contributed by atoms with van der Waals surface area (Å²) >= 11 is 0. The van der Waals surface area contributed by atoms with Gasteiger partial charge in [-0.15, -0.1) is 0 Å². The van der Waals surface area contributed by atoms with E-state index in [-0.39, 0.29) is 6.61 Å². The molecule has 1 aromatic heterocycles. The Morgan fingerprint density at radius 3 is 2.83 bits per heavy atom. The second-order valence-corrected chi connectivity index (χ2v) is 3.30. The summed E-state index contributed by atoms with van der Waals surface area (Å²) in [5, 5.41) is 8.76. The van der Waals surface area contributed by atoms with E-state index in [1.165, 1.54) is 25.7 Å². The van der Waals surface area contributed by atoms with Crippen LogP contribution < -0.4 is 0 Å². The molecule has 1 aliphatic carbocycles. The van der Waals surface area contributed by atoms with Crippen LogP contribution in [0.4, 0.5) is 0 Å². The predicted molar refractivity (Wildman–Crippen MR) is 43.6 cm³/mol. The molecule has 66 valence electrons. The number of nitrogens with zero attached hydrogens (tertiary/aromatic N) is 1. The molecular weight excluding hydrogens is 154 g/mol. The highest BCUT2D eigenvalue weighted by Crippen LogP contribution is 2.33. The van der Waals surface area contributed by atoms with Gasteiger partial charge in [-0.3, -0.25) is 0 Å². The number of oxazole rings is 1. The summed E-state index contributed by atoms with van der Waals surface area (Å²) in [4.78, 5) is 4.14. The van der Waals surface area contributed by atoms with E-state index in [1.54, 1.807) is 6.20 Å². The monoisotopic (exact) mass is 167 g/mol. The number of rotatable bonds is 2. The SMILES string of the molecule is OCc1cnc(C2CCCC2)o1. The average Bonchev–Trinajstić information content (AvgIpc) is 2.75. The van der Waals surface area contributed by atoms with Crippen molar-refractivity contribution in [3.63, 3.8) is 0 Å². The van der Waals surface area contributed by atoms with Gasteiger partial charge in [0.15, 0.2) is 5.89 Å². The van der Waals surface area contributed by atoms with Crippen molar-refractivity contribution in [2.75, 3.05) is 0 Å². The number of hydrogen-bond donors (Lipinski definition) is 1. The molecule has 2 rings (SSSR count). The van der Waals surface area contributed by atoms with Crippen molar-refractivity contribution < 1.29 is 9.52 Å². The summed E-state index contributed by atoms with van der Waals surface area (Å²) in [5.41, 5.74) is 0. The quantitative estimate of drug-likeness (QED) is 0.730. The second-order valence-electron chi connectivity index (χ2n) is 3.30. The molecule has 0 aromatic carbocycles. The lowest BCUT2D eigenvalue weighted by Gasteiger charge is -2.01. The fourth-order valence-electron chi connectivity index (χ4n) is 1.76. The number of aliphatic hydroxyl groups excluding tert-OH is 1. The van der Waals surface area contributed by atoms with Gasteiger partial charge in [-0.2, -0.15) is 0 Å². The lowest BCUT2D eigenvalue weighted by atomic mass is 10.1. The minimum absolute atomic E-state index is 0.0419. The molecule has 0 spiro atoms. The van der Waals surface area contributed by atoms with E-state index < -0.39 is 0 Å². The van der Waals surface area contributed by atoms with Gasteiger partial charge in [0.25, 0.3) is 0 Å². The van der Waals surface area contributed by atoms with Gasteiger partial charge in [0, 0.05) is 5.92 Å². The van der Waals surface area contributed by atoms with Gasteiger partial charge in [-0.1, -0.05) is 12.8 Å². The third kappa shape index (κ3) is 1.37. The molecule has 0 amide bonds. The highest BCUT2D eigenvalue weighted by molar-refractivity contribution is 4.99. The maximum absolute atomic E-state index is 8.76. The lowest BCUT2D eigenvalue weighted by Crippen LogP contribution is -1.90. The molecule has 0 radical (unpaired) electrons. The first-order valence-corrected chi connectivity index (χ1v) is 4.45. The van der Waals surface area contributed by atoms with Gasteiger partial charge >= 0.3 is 0 Å². The first-order valence-electron chi connectivity index (χ1n) is 4.45. The van der Waals surface area contributed by atoms with Crippen molar-refractivity contribution in [3.8, 4) is 0 Å². The molecule has 0 bridgehead atoms. The summed E-state index contributed by atoms with van der Waals surface area (Å²) in [6.45, 7) is -0.0419. The minimum atomic E-state index is -0.0419. The third-order valence-corrected chi connectivity index (χ3v) is 2.43. The van der Waals surface area contributed by atoms with Crippen LogP contribution in [0.2, 0.25) is 0 Å². The number of hydrogen-bond acceptors (Lipinski definition) is 3. The fourth-order valence-corrected chi connectivity index (χ4v) is 1.76. The van der Waals surface area contributed by atoms with Crippen molar-refractivity contribution in [1.29, 1.82) is 0 Å². The molecule has 1 aliphatic rings. The van der Waals surface area contributed by atoms with E-state index in [4.69, 9.17) is 9.52 Å². The second kappa shape index (κ2) is 3.27. The van der Waals surface area contributed by atoms with Crippen molar-refractivity contribution >= 4 is 0 Å². The molecule has 0 aliphatic heterocycles. The van der Waals surface area contributed by atoms with Gasteiger partial charge in [0.1, 0.15) is 12.4 Å². The van der Waals surface area contributed by atoms with E-state index in [0.29, 0.717) is 11.7 Å². The predicted octanol–water partition coefficient (Wildman–Crippen LogP) is 1.82. The molecule has 1 heterocycles. The zero-order valence-electron chi connectivity index (χ0n) is 6.99. The zero-order chi connectivity index (χ0) is 8.39. The van der Waals surface area contributed by atoms with Crippen LogP contribution in [0, 0.1) is 0 Å². The largest absolute Gasteiger partial charge is 0.443 e. The summed E-state index contributed by atoms with van der Waals surface area (Å²) in [6.07, 6.45) is 6.55. The molecule has 0 unspecified atom stereocenters. The molecule has 3 nitrogen and oxygen atoms in total. The minimum Gasteiger partial charge on any atom is -0.443 e. The Labute approximate surface area is 71.4 Å². The maximum Gasteiger partial charge on any atom is 0.197 e. The van der Waals surface area contributed by atoms with Gasteiger partial charge in [0.2, 0.25) is 0 Å². The van der Waals surface area contributed by atoms with Crippen molar-refractivity contribution in [1.82, 2.24) is 4.98 Å². The van der Waals surface area contributed by atoms with Crippen LogP contribution in [0.5, 0.6) is 0 Å². The van der Waals surface area contributed by atoms with Crippen LogP contribution in [-0.4, -0.2) is 10.1 Å². The molecule has 0 atom stereocenters. The lowest BCUT2D eigenvalue weighted by molar-refractivity contribution is 0.241. The van der Waals surface area contributed by atoms with Crippen LogP contribution >= 0.6 is 0 Å². The standard InChI is InChI=1S/C9H13NO2/c11-6-8-5-10-9(12-8)7-3-1-2-4-7/h5,7,11H,1-4,6H2. The topological polar surface area (TPSA) is 46.3 Å². The van der Waals surface area contributed by atoms with Crippen LogP contribution in [0.3, 0.4) is 0 Å². The fraction of sp³-hybridized carbons (Fsp3) is 0.667. The van der Waals surface area contributed by atoms with Crippen molar-refractivity contribution in [2.45, 2.75) is 38.2 Å². The highest BCUT2D eigenvalue weighted by Gasteiger charge is 2.21. The average molecular weight is 167 g/mol. The maximum atomic E-state index is 8.76. The molecular formula is C9H13NO2. The molecule has 0 saturated heterocycles. The van der Waals surface area contributed by atoms with Crippen molar-refractivity contribution in [2.24, 2.45) is 0 Å². The smallest absolute Gasteiger partial charge is 0.197 e. The molecule has 3 heteroatoms. The molecule has 1 aromatic rings. The Hall–Kier alpha value is -0.830. The highest BCUT2D eigenvalue weighted by atomic mass is 16.4. The first-order chi connectivity index (χ1) is 5.90. The molecule has 1 N–H and O–H groups in total. The van der Waals surface area contributed by atoms with Gasteiger partial charge in [0.05, 0.1) is 6.20 Å². The summed E-state index contributed by atoms with van der Waals surface area (Å²) in [7, 11) is 0. The number of aliphatic hydroxyl groups is 1. The third-order valence-electron chi connectivity index (χ3n) is 2.43. The summed E-state index contributed by atoms with van der Waals surface area (Å²) in [5.74, 6) is 1.90. The van der Waals surface area contributed by atoms with Crippen LogP contribution in [0.15, 0.2) is 10.6 Å². The van der Waals surface area contributed by atoms with Crippen LogP contribution in [-0.2, 0) is 6.61 Å². The summed E-state index contributed by atoms with van der Waals surface area (Å²) < 4.78 is 5.36. The van der Waals surface area contributed by atoms with Gasteiger partial charge < -0.3 is 9.52 Å².